The summed E-state index contributed by atoms with van der Waals surface area (Å²) in [5.74, 6) is -0.0511. The van der Waals surface area contributed by atoms with E-state index in [1.165, 1.54) is 0 Å². The number of carbonyl (C=O) groups is 1. The molecule has 120 valence electrons. The molecule has 1 fully saturated rings. The molecular weight excluding hydrogens is 315 g/mol. The molecule has 1 amide bonds. The molecule has 0 saturated carbocycles. The lowest BCUT2D eigenvalue weighted by Gasteiger charge is -2.12. The Hall–Kier alpha value is -1.08. The smallest absolute Gasteiger partial charge is 0.237 e. The van der Waals surface area contributed by atoms with Crippen LogP contribution in [0.15, 0.2) is 18.5 Å². The first kappa shape index (κ1) is 19.9. The summed E-state index contributed by atoms with van der Waals surface area (Å²) in [6, 6.07) is 1.64. The van der Waals surface area contributed by atoms with Crippen molar-refractivity contribution in [3.05, 3.63) is 24.0 Å². The second-order valence-corrected chi connectivity index (χ2v) is 4.76. The summed E-state index contributed by atoms with van der Waals surface area (Å²) in [5.41, 5.74) is 2.10. The predicted molar refractivity (Wildman–Crippen MR) is 87.4 cm³/mol. The number of hydrogen-bond donors (Lipinski definition) is 4. The van der Waals surface area contributed by atoms with Gasteiger partial charge in [-0.2, -0.15) is 0 Å². The van der Waals surface area contributed by atoms with Gasteiger partial charge in [0.1, 0.15) is 0 Å². The summed E-state index contributed by atoms with van der Waals surface area (Å²) < 4.78 is 0. The Kier molecular flexibility index (Phi) is 9.28. The number of carbonyl (C=O) groups excluding carboxylic acids is 1. The summed E-state index contributed by atoms with van der Waals surface area (Å²) >= 11 is 0. The first-order valence-electron chi connectivity index (χ1n) is 6.50. The van der Waals surface area contributed by atoms with Gasteiger partial charge >= 0.3 is 0 Å². The molecule has 21 heavy (non-hydrogen) atoms. The zero-order chi connectivity index (χ0) is 13.7. The van der Waals surface area contributed by atoms with Gasteiger partial charge < -0.3 is 21.1 Å². The summed E-state index contributed by atoms with van der Waals surface area (Å²) in [7, 11) is 0. The molecule has 0 aromatic carbocycles. The van der Waals surface area contributed by atoms with Crippen molar-refractivity contribution in [2.24, 2.45) is 0 Å². The van der Waals surface area contributed by atoms with Gasteiger partial charge in [-0.3, -0.25) is 9.78 Å². The maximum absolute atomic E-state index is 11.7. The highest BCUT2D eigenvalue weighted by Crippen LogP contribution is 2.10. The molecule has 0 radical (unpaired) electrons. The van der Waals surface area contributed by atoms with Gasteiger partial charge in [-0.15, -0.1) is 24.8 Å². The number of anilines is 1. The zero-order valence-corrected chi connectivity index (χ0v) is 13.5. The fourth-order valence-electron chi connectivity index (χ4n) is 2.09. The average molecular weight is 337 g/mol. The van der Waals surface area contributed by atoms with Crippen molar-refractivity contribution in [1.82, 2.24) is 15.6 Å². The molecule has 0 bridgehead atoms. The molecule has 2 rings (SSSR count). The van der Waals surface area contributed by atoms with Crippen LogP contribution in [0.3, 0.4) is 0 Å². The van der Waals surface area contributed by atoms with Gasteiger partial charge in [-0.05, 0) is 25.0 Å². The van der Waals surface area contributed by atoms with Crippen LogP contribution in [-0.4, -0.2) is 47.8 Å². The van der Waals surface area contributed by atoms with E-state index in [0.717, 1.165) is 11.3 Å². The molecule has 0 spiro atoms. The Morgan fingerprint density at radius 3 is 2.86 bits per heavy atom. The van der Waals surface area contributed by atoms with Crippen LogP contribution in [0.1, 0.15) is 12.0 Å². The van der Waals surface area contributed by atoms with Gasteiger partial charge in [0.2, 0.25) is 5.91 Å². The molecule has 8 heteroatoms. The highest BCUT2D eigenvalue weighted by Gasteiger charge is 2.27. The third-order valence-corrected chi connectivity index (χ3v) is 3.18. The highest BCUT2D eigenvalue weighted by molar-refractivity contribution is 5.85. The van der Waals surface area contributed by atoms with Gasteiger partial charge in [0.05, 0.1) is 12.1 Å². The second kappa shape index (κ2) is 9.78. The molecule has 2 heterocycles. The Morgan fingerprint density at radius 2 is 2.24 bits per heavy atom. The van der Waals surface area contributed by atoms with E-state index in [0.29, 0.717) is 26.1 Å². The Labute approximate surface area is 136 Å². The summed E-state index contributed by atoms with van der Waals surface area (Å²) in [5, 5.41) is 18.4. The number of aliphatic hydroxyl groups excluding tert-OH is 1. The number of nitrogens with zero attached hydrogens (tertiary/aromatic N) is 1. The molecule has 0 aliphatic carbocycles. The van der Waals surface area contributed by atoms with E-state index >= 15 is 0 Å². The molecule has 0 unspecified atom stereocenters. The number of aliphatic hydroxyl groups is 1. The Bertz CT molecular complexity index is 448. The van der Waals surface area contributed by atoms with E-state index in [9.17, 15) is 9.90 Å². The molecule has 1 aliphatic heterocycles. The first-order valence-corrected chi connectivity index (χ1v) is 6.50. The van der Waals surface area contributed by atoms with Crippen molar-refractivity contribution in [2.45, 2.75) is 25.5 Å². The van der Waals surface area contributed by atoms with E-state index in [-0.39, 0.29) is 36.8 Å². The van der Waals surface area contributed by atoms with E-state index in [1.807, 2.05) is 13.0 Å². The molecule has 1 saturated heterocycles. The zero-order valence-electron chi connectivity index (χ0n) is 11.8. The quantitative estimate of drug-likeness (QED) is 0.588. The topological polar surface area (TPSA) is 86.3 Å². The monoisotopic (exact) mass is 336 g/mol. The van der Waals surface area contributed by atoms with Crippen molar-refractivity contribution in [2.75, 3.05) is 25.0 Å². The third kappa shape index (κ3) is 6.05. The third-order valence-electron chi connectivity index (χ3n) is 3.18. The summed E-state index contributed by atoms with van der Waals surface area (Å²) in [4.78, 5) is 15.8. The van der Waals surface area contributed by atoms with Crippen LogP contribution in [0.5, 0.6) is 0 Å². The number of rotatable bonds is 5. The van der Waals surface area contributed by atoms with Crippen molar-refractivity contribution in [3.63, 3.8) is 0 Å². The maximum Gasteiger partial charge on any atom is 0.237 e. The fourth-order valence-corrected chi connectivity index (χ4v) is 2.09. The normalized spacial score (nSPS) is 20.1. The minimum atomic E-state index is -0.409. The molecule has 4 N–H and O–H groups in total. The van der Waals surface area contributed by atoms with Gasteiger partial charge in [-0.1, -0.05) is 0 Å². The largest absolute Gasteiger partial charge is 0.392 e. The van der Waals surface area contributed by atoms with E-state index in [4.69, 9.17) is 0 Å². The van der Waals surface area contributed by atoms with Crippen LogP contribution in [0, 0.1) is 6.92 Å². The lowest BCUT2D eigenvalue weighted by atomic mass is 10.2. The number of hydrogen-bond acceptors (Lipinski definition) is 5. The fraction of sp³-hybridized carbons (Fsp3) is 0.538. The Morgan fingerprint density at radius 1 is 1.48 bits per heavy atom. The van der Waals surface area contributed by atoms with E-state index in [2.05, 4.69) is 20.9 Å². The molecule has 1 aromatic heterocycles. The number of pyridine rings is 1. The number of halogens is 2. The lowest BCUT2D eigenvalue weighted by Crippen LogP contribution is -2.42. The molecule has 1 aliphatic rings. The van der Waals surface area contributed by atoms with Gasteiger partial charge in [0, 0.05) is 37.7 Å². The van der Waals surface area contributed by atoms with Gasteiger partial charge in [-0.25, -0.2) is 0 Å². The molecular formula is C13H22Cl2N4O2. The van der Waals surface area contributed by atoms with Crippen LogP contribution in [0.2, 0.25) is 0 Å². The first-order chi connectivity index (χ1) is 9.16. The standard InChI is InChI=1S/C13H20N4O2.2ClH/c1-9-7-14-3-2-11(9)15-4-5-16-13(19)12-6-10(18)8-17-12;;/h2-3,7,10,12,17-18H,4-6,8H2,1H3,(H,14,15)(H,16,19);2*1H/t10-,12-;;/m1../s1. The minimum absolute atomic E-state index is 0. The lowest BCUT2D eigenvalue weighted by molar-refractivity contribution is -0.122. The molecule has 6 nitrogen and oxygen atoms in total. The number of β-amino-alcohol motifs (C(OH)–C–C–N with tert-alkyl or cyclic N) is 1. The van der Waals surface area contributed by atoms with Crippen molar-refractivity contribution < 1.29 is 9.90 Å². The van der Waals surface area contributed by atoms with Crippen LogP contribution < -0.4 is 16.0 Å². The van der Waals surface area contributed by atoms with Crippen molar-refractivity contribution in [1.29, 1.82) is 0 Å². The second-order valence-electron chi connectivity index (χ2n) is 4.76. The van der Waals surface area contributed by atoms with E-state index < -0.39 is 6.10 Å². The number of nitrogens with one attached hydrogen (secondary N) is 3. The number of aryl methyl sites for hydroxylation is 1. The summed E-state index contributed by atoms with van der Waals surface area (Å²) in [6.07, 6.45) is 3.61. The van der Waals surface area contributed by atoms with E-state index in [1.54, 1.807) is 12.4 Å². The maximum atomic E-state index is 11.7. The number of aromatic nitrogens is 1. The Balaban J connectivity index is 0.00000200. The minimum Gasteiger partial charge on any atom is -0.392 e. The van der Waals surface area contributed by atoms with Crippen LogP contribution in [-0.2, 0) is 4.79 Å². The predicted octanol–water partition coefficient (Wildman–Crippen LogP) is 0.485. The highest BCUT2D eigenvalue weighted by atomic mass is 35.5. The van der Waals surface area contributed by atoms with Crippen molar-refractivity contribution >= 4 is 36.4 Å². The molecule has 1 aromatic rings. The summed E-state index contributed by atoms with van der Waals surface area (Å²) in [6.45, 7) is 3.69. The number of amides is 1. The SMILES string of the molecule is Cc1cnccc1NCCNC(=O)[C@H]1C[C@@H](O)CN1.Cl.Cl. The van der Waals surface area contributed by atoms with Crippen LogP contribution in [0.25, 0.3) is 0 Å². The molecule has 2 atom stereocenters. The van der Waals surface area contributed by atoms with Gasteiger partial charge in [0.25, 0.3) is 0 Å². The van der Waals surface area contributed by atoms with Gasteiger partial charge in [0.15, 0.2) is 0 Å². The van der Waals surface area contributed by atoms with Crippen molar-refractivity contribution in [3.8, 4) is 0 Å². The van der Waals surface area contributed by atoms with Crippen LogP contribution >= 0.6 is 24.8 Å². The van der Waals surface area contributed by atoms with Crippen LogP contribution in [0.4, 0.5) is 5.69 Å². The average Bonchev–Trinajstić information content (AvgIpc) is 2.83.